The number of benzene rings is 2. The molecule has 276 valence electrons. The van der Waals surface area contributed by atoms with E-state index < -0.39 is 24.3 Å². The molecule has 14 nitrogen and oxygen atoms in total. The molecule has 1 unspecified atom stereocenters. The van der Waals surface area contributed by atoms with Gasteiger partial charge in [0.05, 0.1) is 37.2 Å². The maximum absolute atomic E-state index is 13.5. The van der Waals surface area contributed by atoms with Gasteiger partial charge in [-0.05, 0) is 73.6 Å². The number of aromatic amines is 1. The number of amides is 5. The molecule has 52 heavy (non-hydrogen) atoms. The van der Waals surface area contributed by atoms with Gasteiger partial charge >= 0.3 is 12.2 Å². The van der Waals surface area contributed by atoms with E-state index in [4.69, 9.17) is 9.72 Å². The van der Waals surface area contributed by atoms with Gasteiger partial charge in [0.2, 0.25) is 17.7 Å². The lowest BCUT2D eigenvalue weighted by atomic mass is 10.0. The Labute approximate surface area is 303 Å². The predicted octanol–water partition coefficient (Wildman–Crippen LogP) is 4.17. The second-order valence-corrected chi connectivity index (χ2v) is 13.8. The molecular weight excluding hydrogens is 666 g/mol. The SMILES string of the molecule is COC(=O)N[C@H](C(=O)N1CCC(C(=O)Nc2ccc(C#Cc3ccc4[nH]c([C@@H]5CCCN5C(=O)[C@@H](NC(=O)OC)C(C)C)nc4c3)cc2)C1)C(C)C. The summed E-state index contributed by atoms with van der Waals surface area (Å²) in [5, 5.41) is 8.21. The highest BCUT2D eigenvalue weighted by Crippen LogP contribution is 2.33. The number of imidazole rings is 1. The number of methoxy groups -OCH3 is 2. The average molecular weight is 714 g/mol. The van der Waals surface area contributed by atoms with E-state index in [2.05, 4.69) is 37.5 Å². The number of alkyl carbamates (subject to hydrolysis) is 2. The van der Waals surface area contributed by atoms with Crippen molar-refractivity contribution in [2.24, 2.45) is 17.8 Å². The number of fused-ring (bicyclic) bond motifs is 1. The third-order valence-electron chi connectivity index (χ3n) is 9.51. The fraction of sp³-hybridized carbons (Fsp3) is 0.474. The molecule has 2 aromatic carbocycles. The van der Waals surface area contributed by atoms with Gasteiger partial charge in [0, 0.05) is 36.4 Å². The zero-order valence-corrected chi connectivity index (χ0v) is 30.4. The summed E-state index contributed by atoms with van der Waals surface area (Å²) in [7, 11) is 2.53. The first-order chi connectivity index (χ1) is 24.9. The molecule has 0 bridgehead atoms. The van der Waals surface area contributed by atoms with E-state index in [0.29, 0.717) is 31.0 Å². The molecule has 2 fully saturated rings. The molecule has 0 spiro atoms. The van der Waals surface area contributed by atoms with Gasteiger partial charge in [0.15, 0.2) is 0 Å². The number of ether oxygens (including phenoxy) is 2. The second kappa shape index (κ2) is 16.6. The van der Waals surface area contributed by atoms with Crippen LogP contribution in [0.25, 0.3) is 11.0 Å². The molecule has 1 aromatic heterocycles. The van der Waals surface area contributed by atoms with E-state index in [9.17, 15) is 24.0 Å². The summed E-state index contributed by atoms with van der Waals surface area (Å²) in [6.45, 7) is 8.72. The minimum atomic E-state index is -0.733. The summed E-state index contributed by atoms with van der Waals surface area (Å²) in [4.78, 5) is 74.9. The molecule has 5 rings (SSSR count). The molecule has 0 radical (unpaired) electrons. The van der Waals surface area contributed by atoms with Crippen LogP contribution in [0.5, 0.6) is 0 Å². The van der Waals surface area contributed by atoms with E-state index in [1.165, 1.54) is 14.2 Å². The molecule has 4 atom stereocenters. The molecule has 0 aliphatic carbocycles. The van der Waals surface area contributed by atoms with Crippen LogP contribution in [0.2, 0.25) is 0 Å². The minimum absolute atomic E-state index is 0.121. The van der Waals surface area contributed by atoms with Crippen molar-refractivity contribution < 1.29 is 33.4 Å². The third kappa shape index (κ3) is 8.82. The quantitative estimate of drug-likeness (QED) is 0.239. The Morgan fingerprint density at radius 2 is 1.44 bits per heavy atom. The van der Waals surface area contributed by atoms with Crippen LogP contribution in [-0.4, -0.2) is 95.6 Å². The summed E-state index contributed by atoms with van der Waals surface area (Å²) < 4.78 is 9.39. The monoisotopic (exact) mass is 713 g/mol. The molecule has 2 aliphatic heterocycles. The van der Waals surface area contributed by atoms with E-state index in [0.717, 1.165) is 35.0 Å². The van der Waals surface area contributed by atoms with Crippen molar-refractivity contribution >= 4 is 46.6 Å². The number of aromatic nitrogens is 2. The average Bonchev–Trinajstić information content (AvgIpc) is 3.91. The maximum atomic E-state index is 13.5. The minimum Gasteiger partial charge on any atom is -0.453 e. The first-order valence-electron chi connectivity index (χ1n) is 17.6. The number of carbonyl (C=O) groups excluding carboxylic acids is 5. The molecule has 0 saturated carbocycles. The Hall–Kier alpha value is -5.58. The van der Waals surface area contributed by atoms with Crippen molar-refractivity contribution in [3.05, 3.63) is 59.4 Å². The predicted molar refractivity (Wildman–Crippen MR) is 194 cm³/mol. The van der Waals surface area contributed by atoms with Gasteiger partial charge in [-0.3, -0.25) is 14.4 Å². The van der Waals surface area contributed by atoms with Crippen LogP contribution in [0.3, 0.4) is 0 Å². The van der Waals surface area contributed by atoms with Crippen molar-refractivity contribution in [3.63, 3.8) is 0 Å². The van der Waals surface area contributed by atoms with Crippen LogP contribution >= 0.6 is 0 Å². The van der Waals surface area contributed by atoms with Gasteiger partial charge in [-0.15, -0.1) is 0 Å². The summed E-state index contributed by atoms with van der Waals surface area (Å²) >= 11 is 0. The highest BCUT2D eigenvalue weighted by molar-refractivity contribution is 5.94. The van der Waals surface area contributed by atoms with Crippen LogP contribution < -0.4 is 16.0 Å². The first kappa shape index (κ1) is 37.7. The lowest BCUT2D eigenvalue weighted by Crippen LogP contribution is -2.51. The molecule has 14 heteroatoms. The number of anilines is 1. The fourth-order valence-corrected chi connectivity index (χ4v) is 6.55. The smallest absolute Gasteiger partial charge is 0.407 e. The summed E-state index contributed by atoms with van der Waals surface area (Å²) in [5.74, 6) is 5.83. The number of likely N-dealkylation sites (tertiary alicyclic amines) is 2. The number of hydrogen-bond acceptors (Lipinski definition) is 8. The topological polar surface area (TPSA) is 175 Å². The molecule has 4 N–H and O–H groups in total. The zero-order valence-electron chi connectivity index (χ0n) is 30.4. The molecule has 3 heterocycles. The third-order valence-corrected chi connectivity index (χ3v) is 9.51. The highest BCUT2D eigenvalue weighted by Gasteiger charge is 2.38. The van der Waals surface area contributed by atoms with Gasteiger partial charge in [-0.25, -0.2) is 14.6 Å². The summed E-state index contributed by atoms with van der Waals surface area (Å²) in [5.41, 5.74) is 3.72. The molecule has 2 aliphatic rings. The van der Waals surface area contributed by atoms with E-state index >= 15 is 0 Å². The molecule has 3 aromatic rings. The Morgan fingerprint density at radius 3 is 2.08 bits per heavy atom. The van der Waals surface area contributed by atoms with Gasteiger partial charge in [-0.2, -0.15) is 0 Å². The summed E-state index contributed by atoms with van der Waals surface area (Å²) in [6, 6.07) is 11.3. The number of carbonyl (C=O) groups is 5. The van der Waals surface area contributed by atoms with E-state index in [1.807, 2.05) is 58.0 Å². The first-order valence-corrected chi connectivity index (χ1v) is 17.6. The van der Waals surface area contributed by atoms with Crippen molar-refractivity contribution in [2.75, 3.05) is 39.2 Å². The Kier molecular flexibility index (Phi) is 12.0. The number of nitrogens with zero attached hydrogens (tertiary/aromatic N) is 3. The molecule has 5 amide bonds. The fourth-order valence-electron chi connectivity index (χ4n) is 6.55. The van der Waals surface area contributed by atoms with Gasteiger partial charge in [-0.1, -0.05) is 39.5 Å². The van der Waals surface area contributed by atoms with Crippen LogP contribution in [0.15, 0.2) is 42.5 Å². The van der Waals surface area contributed by atoms with Crippen LogP contribution in [0.1, 0.15) is 70.0 Å². The number of nitrogens with one attached hydrogen (secondary N) is 4. The van der Waals surface area contributed by atoms with Crippen LogP contribution in [-0.2, 0) is 23.9 Å². The second-order valence-electron chi connectivity index (χ2n) is 13.8. The van der Waals surface area contributed by atoms with Crippen molar-refractivity contribution in [3.8, 4) is 11.8 Å². The molecular formula is C38H47N7O7. The van der Waals surface area contributed by atoms with Crippen molar-refractivity contribution in [1.29, 1.82) is 0 Å². The Balaban J connectivity index is 1.19. The Morgan fingerprint density at radius 1 is 0.827 bits per heavy atom. The summed E-state index contributed by atoms with van der Waals surface area (Å²) in [6.07, 6.45) is 0.796. The standard InChI is InChI=1S/C38H47N7O7/c1-22(2)31(42-37(49)51-5)35(47)44-19-17-26(21-44)34(46)39-27-14-11-24(12-15-27)9-10-25-13-16-28-29(20-25)41-33(40-28)30-8-7-18-45(30)36(48)32(23(3)4)43-38(50)52-6/h11-16,20,22-23,26,30-32H,7-8,17-19,21H2,1-6H3,(H,39,46)(H,40,41)(H,42,49)(H,43,50)/t26?,30-,31-,32-/m0/s1. The van der Waals surface area contributed by atoms with E-state index in [1.54, 1.807) is 21.9 Å². The lowest BCUT2D eigenvalue weighted by Gasteiger charge is -2.29. The number of rotatable bonds is 9. The van der Waals surface area contributed by atoms with Gasteiger partial charge in [0.1, 0.15) is 17.9 Å². The largest absolute Gasteiger partial charge is 0.453 e. The Bertz CT molecular complexity index is 1860. The van der Waals surface area contributed by atoms with Crippen LogP contribution in [0, 0.1) is 29.6 Å². The maximum Gasteiger partial charge on any atom is 0.407 e. The zero-order chi connectivity index (χ0) is 37.5. The lowest BCUT2D eigenvalue weighted by molar-refractivity contribution is -0.135. The van der Waals surface area contributed by atoms with Crippen LogP contribution in [0.4, 0.5) is 15.3 Å². The molecule has 2 saturated heterocycles. The number of hydrogen-bond donors (Lipinski definition) is 4. The normalized spacial score (nSPS) is 18.1. The van der Waals surface area contributed by atoms with Crippen molar-refractivity contribution in [1.82, 2.24) is 30.4 Å². The van der Waals surface area contributed by atoms with Gasteiger partial charge in [0.25, 0.3) is 0 Å². The van der Waals surface area contributed by atoms with E-state index in [-0.39, 0.29) is 48.1 Å². The number of H-pyrrole nitrogens is 1. The van der Waals surface area contributed by atoms with Gasteiger partial charge < -0.3 is 40.2 Å². The highest BCUT2D eigenvalue weighted by atomic mass is 16.5. The van der Waals surface area contributed by atoms with Crippen molar-refractivity contribution in [2.45, 2.75) is 65.1 Å².